The van der Waals surface area contributed by atoms with Gasteiger partial charge in [0.15, 0.2) is 11.0 Å². The quantitative estimate of drug-likeness (QED) is 0.311. The van der Waals surface area contributed by atoms with Gasteiger partial charge in [0.1, 0.15) is 5.75 Å². The maximum atomic E-state index is 5.28. The lowest BCUT2D eigenvalue weighted by atomic mass is 10.2. The van der Waals surface area contributed by atoms with Gasteiger partial charge in [0.05, 0.1) is 13.7 Å². The summed E-state index contributed by atoms with van der Waals surface area (Å²) in [4.78, 5) is 0. The third-order valence-corrected chi connectivity index (χ3v) is 6.04. The Morgan fingerprint density at radius 3 is 2.38 bits per heavy atom. The van der Waals surface area contributed by atoms with Gasteiger partial charge in [-0.3, -0.25) is 4.57 Å². The maximum Gasteiger partial charge on any atom is 0.192 e. The first-order valence-corrected chi connectivity index (χ1v) is 11.0. The van der Waals surface area contributed by atoms with Crippen molar-refractivity contribution in [3.05, 3.63) is 94.5 Å². The van der Waals surface area contributed by atoms with Gasteiger partial charge in [0.2, 0.25) is 0 Å². The first kappa shape index (κ1) is 19.7. The Hall–Kier alpha value is -2.57. The minimum absolute atomic E-state index is 0.718. The fourth-order valence-corrected chi connectivity index (χ4v) is 4.36. The highest BCUT2D eigenvalue weighted by molar-refractivity contribution is 9.10. The van der Waals surface area contributed by atoms with Crippen molar-refractivity contribution in [1.82, 2.24) is 14.8 Å². The van der Waals surface area contributed by atoms with Gasteiger partial charge in [-0.05, 0) is 47.5 Å². The molecule has 3 aromatic carbocycles. The first-order valence-electron chi connectivity index (χ1n) is 9.22. The van der Waals surface area contributed by atoms with Gasteiger partial charge in [0, 0.05) is 15.8 Å². The van der Waals surface area contributed by atoms with E-state index in [1.54, 1.807) is 18.9 Å². The Morgan fingerprint density at radius 2 is 1.66 bits per heavy atom. The zero-order chi connectivity index (χ0) is 20.1. The third kappa shape index (κ3) is 4.89. The summed E-state index contributed by atoms with van der Waals surface area (Å²) in [5, 5.41) is 9.91. The van der Waals surface area contributed by atoms with Crippen molar-refractivity contribution in [2.24, 2.45) is 0 Å². The molecule has 0 bridgehead atoms. The minimum Gasteiger partial charge on any atom is -0.497 e. The van der Waals surface area contributed by atoms with E-state index >= 15 is 0 Å². The predicted octanol–water partition coefficient (Wildman–Crippen LogP) is 6.06. The zero-order valence-electron chi connectivity index (χ0n) is 16.0. The maximum absolute atomic E-state index is 5.28. The van der Waals surface area contributed by atoms with Crippen LogP contribution in [0.1, 0.15) is 11.1 Å². The summed E-state index contributed by atoms with van der Waals surface area (Å²) in [7, 11) is 1.67. The van der Waals surface area contributed by atoms with Crippen molar-refractivity contribution in [1.29, 1.82) is 0 Å². The van der Waals surface area contributed by atoms with Crippen LogP contribution in [0.4, 0.5) is 0 Å². The largest absolute Gasteiger partial charge is 0.497 e. The average molecular weight is 466 g/mol. The lowest BCUT2D eigenvalue weighted by Crippen LogP contribution is -2.04. The molecule has 1 aromatic heterocycles. The van der Waals surface area contributed by atoms with Crippen molar-refractivity contribution < 1.29 is 4.74 Å². The number of rotatable bonds is 7. The number of halogens is 1. The number of thioether (sulfide) groups is 1. The van der Waals surface area contributed by atoms with Crippen LogP contribution in [-0.2, 0) is 12.3 Å². The molecule has 0 amide bonds. The number of hydrogen-bond acceptors (Lipinski definition) is 4. The highest BCUT2D eigenvalue weighted by Gasteiger charge is 2.15. The number of hydrogen-bond donors (Lipinski definition) is 0. The lowest BCUT2D eigenvalue weighted by Gasteiger charge is -2.11. The molecule has 0 spiro atoms. The van der Waals surface area contributed by atoms with Crippen LogP contribution in [0.2, 0.25) is 0 Å². The van der Waals surface area contributed by atoms with Crippen LogP contribution in [0.5, 0.6) is 5.75 Å². The standard InChI is InChI=1S/C23H20BrN3OS/c1-28-21-12-10-19(11-13-21)22-25-26-23(27(22)15-17-6-3-2-4-7-17)29-16-18-8-5-9-20(24)14-18/h2-14H,15-16H2,1H3. The normalized spacial score (nSPS) is 10.8. The molecule has 0 radical (unpaired) electrons. The van der Waals surface area contributed by atoms with E-state index < -0.39 is 0 Å². The summed E-state index contributed by atoms with van der Waals surface area (Å²) in [6.07, 6.45) is 0. The van der Waals surface area contributed by atoms with Crippen LogP contribution >= 0.6 is 27.7 Å². The topological polar surface area (TPSA) is 39.9 Å². The molecule has 146 valence electrons. The van der Waals surface area contributed by atoms with Gasteiger partial charge in [-0.2, -0.15) is 0 Å². The smallest absolute Gasteiger partial charge is 0.192 e. The molecule has 0 fully saturated rings. The summed E-state index contributed by atoms with van der Waals surface area (Å²) in [6.45, 7) is 0.718. The number of ether oxygens (including phenoxy) is 1. The van der Waals surface area contributed by atoms with E-state index in [-0.39, 0.29) is 0 Å². The molecule has 29 heavy (non-hydrogen) atoms. The van der Waals surface area contributed by atoms with Gasteiger partial charge >= 0.3 is 0 Å². The molecule has 6 heteroatoms. The Labute approximate surface area is 183 Å². The fraction of sp³-hybridized carbons (Fsp3) is 0.130. The van der Waals surface area contributed by atoms with Crippen LogP contribution in [0, 0.1) is 0 Å². The summed E-state index contributed by atoms with van der Waals surface area (Å²) in [5.41, 5.74) is 3.47. The van der Waals surface area contributed by atoms with E-state index in [0.717, 1.165) is 39.1 Å². The number of benzene rings is 3. The van der Waals surface area contributed by atoms with Crippen LogP contribution in [0.15, 0.2) is 88.5 Å². The second-order valence-electron chi connectivity index (χ2n) is 6.53. The van der Waals surface area contributed by atoms with Crippen LogP contribution < -0.4 is 4.74 Å². The van der Waals surface area contributed by atoms with Gasteiger partial charge in [-0.15, -0.1) is 10.2 Å². The Balaban J connectivity index is 1.65. The molecule has 0 aliphatic carbocycles. The van der Waals surface area contributed by atoms with Crippen molar-refractivity contribution >= 4 is 27.7 Å². The van der Waals surface area contributed by atoms with Gasteiger partial charge in [0.25, 0.3) is 0 Å². The lowest BCUT2D eigenvalue weighted by molar-refractivity contribution is 0.415. The molecular formula is C23H20BrN3OS. The summed E-state index contributed by atoms with van der Waals surface area (Å²) in [6, 6.07) is 26.7. The molecule has 0 aliphatic heterocycles. The van der Waals surface area contributed by atoms with Crippen LogP contribution in [0.25, 0.3) is 11.4 Å². The van der Waals surface area contributed by atoms with Crippen molar-refractivity contribution in [3.63, 3.8) is 0 Å². The average Bonchev–Trinajstić information content (AvgIpc) is 3.15. The second-order valence-corrected chi connectivity index (χ2v) is 8.38. The van der Waals surface area contributed by atoms with E-state index in [2.05, 4.69) is 73.2 Å². The Morgan fingerprint density at radius 1 is 0.897 bits per heavy atom. The van der Waals surface area contributed by atoms with Gasteiger partial charge in [-0.1, -0.05) is 70.2 Å². The highest BCUT2D eigenvalue weighted by Crippen LogP contribution is 2.29. The van der Waals surface area contributed by atoms with E-state index in [9.17, 15) is 0 Å². The summed E-state index contributed by atoms with van der Waals surface area (Å²) in [5.74, 6) is 2.51. The molecule has 0 saturated heterocycles. The molecule has 0 aliphatic rings. The second kappa shape index (κ2) is 9.29. The zero-order valence-corrected chi connectivity index (χ0v) is 18.4. The monoisotopic (exact) mass is 465 g/mol. The summed E-state index contributed by atoms with van der Waals surface area (Å²) < 4.78 is 8.55. The molecule has 0 unspecified atom stereocenters. The Bertz CT molecular complexity index is 1080. The van der Waals surface area contributed by atoms with Crippen molar-refractivity contribution in [2.75, 3.05) is 7.11 Å². The molecule has 0 saturated carbocycles. The van der Waals surface area contributed by atoms with Crippen LogP contribution in [-0.4, -0.2) is 21.9 Å². The van der Waals surface area contributed by atoms with E-state index in [4.69, 9.17) is 4.74 Å². The Kier molecular flexibility index (Phi) is 6.32. The first-order chi connectivity index (χ1) is 14.2. The molecule has 1 heterocycles. The number of methoxy groups -OCH3 is 1. The molecular weight excluding hydrogens is 446 g/mol. The molecule has 4 aromatic rings. The number of aromatic nitrogens is 3. The van der Waals surface area contributed by atoms with Gasteiger partial charge < -0.3 is 4.74 Å². The fourth-order valence-electron chi connectivity index (χ4n) is 3.03. The van der Waals surface area contributed by atoms with E-state index in [1.165, 1.54) is 11.1 Å². The van der Waals surface area contributed by atoms with Crippen LogP contribution in [0.3, 0.4) is 0 Å². The van der Waals surface area contributed by atoms with E-state index in [0.29, 0.717) is 0 Å². The number of nitrogens with zero attached hydrogens (tertiary/aromatic N) is 3. The highest BCUT2D eigenvalue weighted by atomic mass is 79.9. The molecule has 4 nitrogen and oxygen atoms in total. The van der Waals surface area contributed by atoms with Gasteiger partial charge in [-0.25, -0.2) is 0 Å². The van der Waals surface area contributed by atoms with Crippen molar-refractivity contribution in [3.8, 4) is 17.1 Å². The van der Waals surface area contributed by atoms with Crippen molar-refractivity contribution in [2.45, 2.75) is 17.5 Å². The minimum atomic E-state index is 0.718. The predicted molar refractivity (Wildman–Crippen MR) is 121 cm³/mol. The molecule has 0 N–H and O–H groups in total. The summed E-state index contributed by atoms with van der Waals surface area (Å²) >= 11 is 5.24. The third-order valence-electron chi connectivity index (χ3n) is 4.51. The van der Waals surface area contributed by atoms with E-state index in [1.807, 2.05) is 36.4 Å². The molecule has 0 atom stereocenters. The molecule has 4 rings (SSSR count). The SMILES string of the molecule is COc1ccc(-c2nnc(SCc3cccc(Br)c3)n2Cc2ccccc2)cc1.